The van der Waals surface area contributed by atoms with Crippen LogP contribution in [0.3, 0.4) is 0 Å². The Morgan fingerprint density at radius 2 is 1.41 bits per heavy atom. The number of aryl methyl sites for hydroxylation is 1. The van der Waals surface area contributed by atoms with E-state index in [-0.39, 0.29) is 1.43 Å². The van der Waals surface area contributed by atoms with Crippen LogP contribution in [0.15, 0.2) is 18.7 Å². The van der Waals surface area contributed by atoms with Gasteiger partial charge in [-0.05, 0) is 0 Å². The molecule has 0 aliphatic carbocycles. The monoisotopic (exact) mass is 382 g/mol. The third-order valence-corrected chi connectivity index (χ3v) is 2.36. The van der Waals surface area contributed by atoms with Crippen LogP contribution in [0.25, 0.3) is 0 Å². The number of alkyl halides is 6. The van der Waals surface area contributed by atoms with E-state index in [2.05, 4.69) is 4.98 Å². The van der Waals surface area contributed by atoms with Crippen LogP contribution in [0.5, 0.6) is 0 Å². The van der Waals surface area contributed by atoms with Crippen molar-refractivity contribution < 1.29 is 53.7 Å². The molecule has 0 bridgehead atoms. The smallest absolute Gasteiger partial charge is 0.741 e. The van der Waals surface area contributed by atoms with Crippen LogP contribution in [0.4, 0.5) is 26.3 Å². The first kappa shape index (κ1) is 22.9. The molecule has 0 fully saturated rings. The maximum Gasteiger partial charge on any atom is 1.00 e. The summed E-state index contributed by atoms with van der Waals surface area (Å²) in [4.78, 5) is 3.78. The summed E-state index contributed by atoms with van der Waals surface area (Å²) >= 11 is 0. The lowest BCUT2D eigenvalue weighted by molar-refractivity contribution is -0.0519. The molecule has 0 aliphatic rings. The SMILES string of the molecule is Cn1ccnc1.O=S(=O)(O)C(F)(F)F.O=S(=O)([O-])C(F)(F)F.[H+]. The maximum absolute atomic E-state index is 10.7. The summed E-state index contributed by atoms with van der Waals surface area (Å²) in [5.74, 6) is 0. The van der Waals surface area contributed by atoms with Gasteiger partial charge in [0.2, 0.25) is 0 Å². The van der Waals surface area contributed by atoms with Crippen LogP contribution >= 0.6 is 0 Å². The van der Waals surface area contributed by atoms with Gasteiger partial charge in [0.25, 0.3) is 0 Å². The Kier molecular flexibility index (Phi) is 8.06. The van der Waals surface area contributed by atoms with E-state index in [0.717, 1.165) is 0 Å². The van der Waals surface area contributed by atoms with Gasteiger partial charge in [-0.25, -0.2) is 13.4 Å². The van der Waals surface area contributed by atoms with Gasteiger partial charge in [-0.2, -0.15) is 34.8 Å². The van der Waals surface area contributed by atoms with Gasteiger partial charge < -0.3 is 9.12 Å². The highest BCUT2D eigenvalue weighted by molar-refractivity contribution is 7.86. The van der Waals surface area contributed by atoms with Crippen molar-refractivity contribution in [2.75, 3.05) is 0 Å². The molecule has 1 rings (SSSR count). The first-order valence-electron chi connectivity index (χ1n) is 4.37. The first-order valence-corrected chi connectivity index (χ1v) is 7.22. The molecule has 1 heterocycles. The molecule has 0 spiro atoms. The van der Waals surface area contributed by atoms with Crippen molar-refractivity contribution in [2.24, 2.45) is 7.05 Å². The summed E-state index contributed by atoms with van der Waals surface area (Å²) < 4.78 is 118. The molecule has 0 atom stereocenters. The second-order valence-electron chi connectivity index (χ2n) is 3.05. The number of nitrogens with zero attached hydrogens (tertiary/aromatic N) is 2. The zero-order valence-electron chi connectivity index (χ0n) is 11.2. The Balaban J connectivity index is -0.000000257. The lowest BCUT2D eigenvalue weighted by Crippen LogP contribution is -2.21. The zero-order valence-corrected chi connectivity index (χ0v) is 11.8. The average molecular weight is 382 g/mol. The molecule has 1 aromatic rings. The molecule has 8 nitrogen and oxygen atoms in total. The van der Waals surface area contributed by atoms with Gasteiger partial charge >= 0.3 is 22.6 Å². The number of halogens is 6. The predicted octanol–water partition coefficient (Wildman–Crippen LogP) is 0.978. The van der Waals surface area contributed by atoms with E-state index >= 15 is 0 Å². The second-order valence-corrected chi connectivity index (χ2v) is 5.83. The lowest BCUT2D eigenvalue weighted by atomic mass is 10.9. The van der Waals surface area contributed by atoms with Gasteiger partial charge in [0.15, 0.2) is 10.1 Å². The minimum Gasteiger partial charge on any atom is -0.741 e. The van der Waals surface area contributed by atoms with Crippen LogP contribution in [0, 0.1) is 0 Å². The maximum atomic E-state index is 10.7. The molecule has 0 aromatic carbocycles. The fourth-order valence-corrected chi connectivity index (χ4v) is 0.326. The third-order valence-electron chi connectivity index (χ3n) is 1.21. The summed E-state index contributed by atoms with van der Waals surface area (Å²) in [5, 5.41) is 0. The zero-order chi connectivity index (χ0) is 18.4. The van der Waals surface area contributed by atoms with Crippen molar-refractivity contribution in [1.29, 1.82) is 0 Å². The van der Waals surface area contributed by atoms with Gasteiger partial charge in [-0.1, -0.05) is 0 Å². The van der Waals surface area contributed by atoms with Crippen LogP contribution in [-0.2, 0) is 27.3 Å². The van der Waals surface area contributed by atoms with E-state index in [9.17, 15) is 26.3 Å². The normalized spacial score (nSPS) is 12.6. The van der Waals surface area contributed by atoms with Crippen molar-refractivity contribution in [2.45, 2.75) is 11.0 Å². The van der Waals surface area contributed by atoms with Gasteiger partial charge in [0, 0.05) is 19.4 Å². The molecule has 0 radical (unpaired) electrons. The van der Waals surface area contributed by atoms with E-state index in [4.69, 9.17) is 25.9 Å². The molecular formula is C6H8F6N2O6S2. The van der Waals surface area contributed by atoms with Crippen LogP contribution in [0.1, 0.15) is 1.43 Å². The fourth-order valence-electron chi connectivity index (χ4n) is 0.326. The third kappa shape index (κ3) is 10.4. The molecule has 0 unspecified atom stereocenters. The first-order chi connectivity index (χ1) is 9.39. The Hall–Kier alpha value is -1.39. The number of hydrogen-bond donors (Lipinski definition) is 1. The number of aromatic nitrogens is 2. The van der Waals surface area contributed by atoms with E-state index in [0.29, 0.717) is 0 Å². The Morgan fingerprint density at radius 3 is 1.45 bits per heavy atom. The highest BCUT2D eigenvalue weighted by Gasteiger charge is 2.44. The van der Waals surface area contributed by atoms with Crippen molar-refractivity contribution in [3.63, 3.8) is 0 Å². The average Bonchev–Trinajstić information content (AvgIpc) is 2.64. The minimum atomic E-state index is -6.09. The summed E-state index contributed by atoms with van der Waals surface area (Å²) in [7, 11) is -9.99. The summed E-state index contributed by atoms with van der Waals surface area (Å²) in [5.41, 5.74) is -11.2. The Morgan fingerprint density at radius 1 is 1.09 bits per heavy atom. The molecule has 1 aromatic heterocycles. The number of hydrogen-bond acceptors (Lipinski definition) is 6. The molecule has 0 saturated heterocycles. The molecule has 16 heteroatoms. The van der Waals surface area contributed by atoms with Gasteiger partial charge in [0.05, 0.1) is 6.33 Å². The van der Waals surface area contributed by atoms with Gasteiger partial charge in [0.1, 0.15) is 0 Å². The number of imidazole rings is 1. The van der Waals surface area contributed by atoms with Crippen LogP contribution in [-0.4, -0.2) is 46.5 Å². The standard InChI is InChI=1S/C4H6N2.2CHF3O3S/c1-6-3-2-5-4-6;2*2-1(3,4)8(5,6)7/h2-4H,1H3;2*(H,5,6,7). The molecule has 22 heavy (non-hydrogen) atoms. The predicted molar refractivity (Wildman–Crippen MR) is 57.7 cm³/mol. The van der Waals surface area contributed by atoms with Crippen LogP contribution < -0.4 is 0 Å². The summed E-state index contributed by atoms with van der Waals surface area (Å²) in [6.07, 6.45) is 5.39. The summed E-state index contributed by atoms with van der Waals surface area (Å²) in [6.45, 7) is 0. The molecule has 132 valence electrons. The van der Waals surface area contributed by atoms with Crippen molar-refractivity contribution in [3.05, 3.63) is 18.7 Å². The molecule has 0 amide bonds. The highest BCUT2D eigenvalue weighted by Crippen LogP contribution is 2.21. The summed E-state index contributed by atoms with van der Waals surface area (Å²) in [6, 6.07) is 0. The second kappa shape index (κ2) is 7.75. The quantitative estimate of drug-likeness (QED) is 0.402. The Bertz CT molecular complexity index is 596. The van der Waals surface area contributed by atoms with Crippen LogP contribution in [0.2, 0.25) is 0 Å². The van der Waals surface area contributed by atoms with Gasteiger partial charge in [-0.15, -0.1) is 0 Å². The van der Waals surface area contributed by atoms with E-state index in [1.807, 2.05) is 17.8 Å². The van der Waals surface area contributed by atoms with Crippen molar-refractivity contribution >= 4 is 20.2 Å². The van der Waals surface area contributed by atoms with E-state index in [1.165, 1.54) is 0 Å². The minimum absolute atomic E-state index is 0. The topological polar surface area (TPSA) is 129 Å². The van der Waals surface area contributed by atoms with Gasteiger partial charge in [-0.3, -0.25) is 4.55 Å². The highest BCUT2D eigenvalue weighted by atomic mass is 32.2. The molecular weight excluding hydrogens is 374 g/mol. The lowest BCUT2D eigenvalue weighted by Gasteiger charge is -2.08. The fraction of sp³-hybridized carbons (Fsp3) is 0.500. The number of rotatable bonds is 0. The molecule has 0 saturated carbocycles. The Labute approximate surface area is 121 Å². The van der Waals surface area contributed by atoms with E-state index < -0.39 is 31.3 Å². The van der Waals surface area contributed by atoms with Crippen molar-refractivity contribution in [3.8, 4) is 0 Å². The van der Waals surface area contributed by atoms with Crippen molar-refractivity contribution in [1.82, 2.24) is 9.55 Å². The molecule has 0 aliphatic heterocycles. The molecule has 1 N–H and O–H groups in total. The van der Waals surface area contributed by atoms with E-state index in [1.54, 1.807) is 12.5 Å². The largest absolute Gasteiger partial charge is 1.00 e.